The highest BCUT2D eigenvalue weighted by Crippen LogP contribution is 2.30. The zero-order chi connectivity index (χ0) is 20.4. The molecule has 2 heterocycles. The first-order valence-electron chi connectivity index (χ1n) is 9.31. The van der Waals surface area contributed by atoms with Crippen molar-refractivity contribution in [3.05, 3.63) is 71.0 Å². The molecule has 7 nitrogen and oxygen atoms in total. The predicted molar refractivity (Wildman–Crippen MR) is 114 cm³/mol. The van der Waals surface area contributed by atoms with Gasteiger partial charge in [0.15, 0.2) is 0 Å². The van der Waals surface area contributed by atoms with Crippen molar-refractivity contribution in [1.29, 1.82) is 5.41 Å². The van der Waals surface area contributed by atoms with Crippen molar-refractivity contribution in [2.75, 3.05) is 28.2 Å². The fraction of sp³-hybridized carbons (Fsp3) is 0.190. The quantitative estimate of drug-likeness (QED) is 0.497. The summed E-state index contributed by atoms with van der Waals surface area (Å²) >= 11 is 0. The van der Waals surface area contributed by atoms with Gasteiger partial charge in [-0.3, -0.25) is 0 Å². The van der Waals surface area contributed by atoms with Crippen LogP contribution in [-0.2, 0) is 13.0 Å². The van der Waals surface area contributed by atoms with Crippen LogP contribution in [0, 0.1) is 11.2 Å². The van der Waals surface area contributed by atoms with Crippen molar-refractivity contribution >= 4 is 29.5 Å². The summed E-state index contributed by atoms with van der Waals surface area (Å²) in [5, 5.41) is 11.0. The fourth-order valence-electron chi connectivity index (χ4n) is 3.74. The van der Waals surface area contributed by atoms with Gasteiger partial charge in [0.25, 0.3) is 0 Å². The lowest BCUT2D eigenvalue weighted by Crippen LogP contribution is -2.42. The van der Waals surface area contributed by atoms with Crippen molar-refractivity contribution in [3.63, 3.8) is 0 Å². The van der Waals surface area contributed by atoms with Crippen molar-refractivity contribution in [1.82, 2.24) is 9.97 Å². The molecule has 1 atom stereocenters. The number of hydrogen-bond donors (Lipinski definition) is 4. The number of benzene rings is 2. The van der Waals surface area contributed by atoms with Gasteiger partial charge in [0.05, 0.1) is 5.56 Å². The maximum Gasteiger partial charge on any atom is 0.223 e. The van der Waals surface area contributed by atoms with Crippen LogP contribution >= 0.6 is 0 Å². The second-order valence-electron chi connectivity index (χ2n) is 7.06. The lowest BCUT2D eigenvalue weighted by molar-refractivity contribution is 0.613. The Labute approximate surface area is 168 Å². The Morgan fingerprint density at radius 3 is 2.79 bits per heavy atom. The van der Waals surface area contributed by atoms with Crippen LogP contribution in [-0.4, -0.2) is 28.8 Å². The van der Waals surface area contributed by atoms with Gasteiger partial charge in [0, 0.05) is 31.0 Å². The predicted octanol–water partition coefficient (Wildman–Crippen LogP) is 2.82. The molecule has 0 bridgehead atoms. The van der Waals surface area contributed by atoms with Gasteiger partial charge in [0.1, 0.15) is 17.5 Å². The van der Waals surface area contributed by atoms with E-state index in [0.717, 1.165) is 23.9 Å². The van der Waals surface area contributed by atoms with Gasteiger partial charge in [-0.05, 0) is 35.7 Å². The molecule has 0 radical (unpaired) electrons. The number of fused-ring (bicyclic) bond motifs is 1. The smallest absolute Gasteiger partial charge is 0.223 e. The van der Waals surface area contributed by atoms with Gasteiger partial charge in [-0.2, -0.15) is 9.97 Å². The van der Waals surface area contributed by atoms with Crippen molar-refractivity contribution < 1.29 is 4.39 Å². The molecule has 3 aromatic rings. The Bertz CT molecular complexity index is 1050. The van der Waals surface area contributed by atoms with Crippen LogP contribution in [0.1, 0.15) is 16.7 Å². The largest absolute Gasteiger partial charge is 0.383 e. The van der Waals surface area contributed by atoms with Gasteiger partial charge in [-0.15, -0.1) is 0 Å². The van der Waals surface area contributed by atoms with E-state index in [4.69, 9.17) is 16.9 Å². The Morgan fingerprint density at radius 2 is 2.00 bits per heavy atom. The summed E-state index contributed by atoms with van der Waals surface area (Å²) in [4.78, 5) is 10.4. The maximum atomic E-state index is 13.7. The number of nitrogen functional groups attached to an aromatic ring is 2. The third-order valence-corrected chi connectivity index (χ3v) is 4.98. The molecule has 1 unspecified atom stereocenters. The van der Waals surface area contributed by atoms with E-state index in [1.165, 1.54) is 11.6 Å². The van der Waals surface area contributed by atoms with Gasteiger partial charge in [-0.25, -0.2) is 4.39 Å². The summed E-state index contributed by atoms with van der Waals surface area (Å²) in [5.41, 5.74) is 15.3. The van der Waals surface area contributed by atoms with Crippen LogP contribution in [0.5, 0.6) is 0 Å². The van der Waals surface area contributed by atoms with Gasteiger partial charge >= 0.3 is 0 Å². The number of para-hydroxylation sites is 1. The topological polar surface area (TPSA) is 117 Å². The first kappa shape index (κ1) is 18.7. The summed E-state index contributed by atoms with van der Waals surface area (Å²) < 4.78 is 13.7. The average molecular weight is 391 g/mol. The molecule has 0 aliphatic carbocycles. The van der Waals surface area contributed by atoms with E-state index in [1.807, 2.05) is 18.2 Å². The Hall–Kier alpha value is -3.68. The number of nitrogens with zero attached hydrogens (tertiary/aromatic N) is 3. The monoisotopic (exact) mass is 391 g/mol. The first-order chi connectivity index (χ1) is 14.0. The van der Waals surface area contributed by atoms with E-state index in [0.29, 0.717) is 24.5 Å². The second-order valence-corrected chi connectivity index (χ2v) is 7.06. The molecule has 0 saturated carbocycles. The van der Waals surface area contributed by atoms with Crippen molar-refractivity contribution in [2.45, 2.75) is 19.0 Å². The fourth-order valence-corrected chi connectivity index (χ4v) is 3.74. The normalized spacial score (nSPS) is 15.6. The number of aromatic nitrogens is 2. The Balaban J connectivity index is 1.63. The molecule has 0 saturated heterocycles. The molecule has 2 aromatic carbocycles. The molecular weight excluding hydrogens is 369 g/mol. The highest BCUT2D eigenvalue weighted by atomic mass is 19.1. The van der Waals surface area contributed by atoms with E-state index in [-0.39, 0.29) is 23.6 Å². The molecule has 1 aliphatic rings. The summed E-state index contributed by atoms with van der Waals surface area (Å²) in [6, 6.07) is 14.8. The lowest BCUT2D eigenvalue weighted by Gasteiger charge is -2.37. The number of hydrogen-bond acceptors (Lipinski definition) is 7. The summed E-state index contributed by atoms with van der Waals surface area (Å²) in [5.74, 6) is 0.427. The third-order valence-electron chi connectivity index (χ3n) is 4.98. The highest BCUT2D eigenvalue weighted by Gasteiger charge is 2.25. The van der Waals surface area contributed by atoms with E-state index >= 15 is 0 Å². The number of rotatable bonds is 5. The maximum absolute atomic E-state index is 13.7. The standard InChI is InChI=1S/C21H22FN7/c22-15-6-3-4-13(8-15)11-29-12-16(9-14-5-1-2-7-18(14)29)26-20-17(10-23)19(24)27-21(25)28-20/h1-8,10,16,23H,9,11-12H2,(H5,24,25,26,27,28). The van der Waals surface area contributed by atoms with Crippen LogP contribution in [0.25, 0.3) is 0 Å². The van der Waals surface area contributed by atoms with Crippen molar-refractivity contribution in [3.8, 4) is 0 Å². The zero-order valence-electron chi connectivity index (χ0n) is 15.8. The van der Waals surface area contributed by atoms with Gasteiger partial charge < -0.3 is 27.1 Å². The molecule has 0 fully saturated rings. The highest BCUT2D eigenvalue weighted by molar-refractivity contribution is 5.90. The van der Waals surface area contributed by atoms with Crippen LogP contribution < -0.4 is 21.7 Å². The Morgan fingerprint density at radius 1 is 1.17 bits per heavy atom. The number of nitrogens with one attached hydrogen (secondary N) is 2. The van der Waals surface area contributed by atoms with Gasteiger partial charge in [0.2, 0.25) is 5.95 Å². The van der Waals surface area contributed by atoms with Crippen LogP contribution in [0.4, 0.5) is 27.7 Å². The van der Waals surface area contributed by atoms with Crippen LogP contribution in [0.2, 0.25) is 0 Å². The number of nitrogens with two attached hydrogens (primary N) is 2. The second kappa shape index (κ2) is 7.75. The minimum Gasteiger partial charge on any atom is -0.383 e. The Kier molecular flexibility index (Phi) is 4.99. The third kappa shape index (κ3) is 3.96. The molecule has 4 rings (SSSR count). The summed E-state index contributed by atoms with van der Waals surface area (Å²) in [6.07, 6.45) is 1.90. The molecule has 8 heteroatoms. The van der Waals surface area contributed by atoms with Crippen LogP contribution in [0.3, 0.4) is 0 Å². The lowest BCUT2D eigenvalue weighted by atomic mass is 9.97. The molecule has 0 amide bonds. The molecular formula is C21H22FN7. The molecule has 6 N–H and O–H groups in total. The minimum absolute atomic E-state index is 0.00543. The van der Waals surface area contributed by atoms with E-state index in [9.17, 15) is 4.39 Å². The zero-order valence-corrected chi connectivity index (χ0v) is 15.8. The molecule has 1 aliphatic heterocycles. The van der Waals surface area contributed by atoms with Crippen LogP contribution in [0.15, 0.2) is 48.5 Å². The molecule has 0 spiro atoms. The molecule has 148 valence electrons. The van der Waals surface area contributed by atoms with Gasteiger partial charge in [-0.1, -0.05) is 30.3 Å². The summed E-state index contributed by atoms with van der Waals surface area (Å²) in [6.45, 7) is 1.26. The molecule has 1 aromatic heterocycles. The van der Waals surface area contributed by atoms with E-state index in [1.54, 1.807) is 12.1 Å². The van der Waals surface area contributed by atoms with E-state index in [2.05, 4.69) is 32.3 Å². The minimum atomic E-state index is -0.245. The first-order valence-corrected chi connectivity index (χ1v) is 9.31. The number of anilines is 4. The van der Waals surface area contributed by atoms with Crippen molar-refractivity contribution in [2.24, 2.45) is 0 Å². The summed E-state index contributed by atoms with van der Waals surface area (Å²) in [7, 11) is 0. The van der Waals surface area contributed by atoms with E-state index < -0.39 is 0 Å². The number of halogens is 1. The average Bonchev–Trinajstić information content (AvgIpc) is 2.68. The molecule has 29 heavy (non-hydrogen) atoms. The SMILES string of the molecule is N=Cc1c(N)nc(N)nc1NC1Cc2ccccc2N(Cc2cccc(F)c2)C1.